The molecule has 1 atom stereocenters. The Morgan fingerprint density at radius 3 is 2.67 bits per heavy atom. The highest BCUT2D eigenvalue weighted by atomic mass is 32.2. The second-order valence-corrected chi connectivity index (χ2v) is 8.26. The Balaban J connectivity index is 1.60. The Bertz CT molecular complexity index is 964. The molecule has 0 bridgehead atoms. The number of rotatable bonds is 6. The number of carbonyl (C=O) groups excluding carboxylic acids is 1. The first-order valence-corrected chi connectivity index (χ1v) is 9.70. The minimum Gasteiger partial charge on any atom is -0.330 e. The summed E-state index contributed by atoms with van der Waals surface area (Å²) in [6, 6.07) is 11.0. The summed E-state index contributed by atoms with van der Waals surface area (Å²) in [4.78, 5) is 12.2. The summed E-state index contributed by atoms with van der Waals surface area (Å²) in [5, 5.41) is 14.1. The average Bonchev–Trinajstić information content (AvgIpc) is 3.07. The molecule has 1 amide bonds. The first-order chi connectivity index (χ1) is 12.9. The number of thioether (sulfide) groups is 1. The van der Waals surface area contributed by atoms with Crippen molar-refractivity contribution in [1.82, 2.24) is 10.2 Å². The van der Waals surface area contributed by atoms with Crippen LogP contribution in [0.15, 0.2) is 46.8 Å². The molecule has 140 valence electrons. The Kier molecular flexibility index (Phi) is 6.02. The number of benzene rings is 2. The van der Waals surface area contributed by atoms with Crippen molar-refractivity contribution in [1.29, 1.82) is 0 Å². The van der Waals surface area contributed by atoms with Crippen molar-refractivity contribution in [2.45, 2.75) is 23.4 Å². The van der Waals surface area contributed by atoms with Gasteiger partial charge in [0.2, 0.25) is 11.0 Å². The SMILES string of the molecule is Cc1ccccc1Nc1nnc(SC(C)C(=O)Nc2ccc(F)c(F)c2)s1. The molecule has 0 saturated heterocycles. The summed E-state index contributed by atoms with van der Waals surface area (Å²) in [7, 11) is 0. The lowest BCUT2D eigenvalue weighted by Crippen LogP contribution is -2.22. The van der Waals surface area contributed by atoms with E-state index >= 15 is 0 Å². The van der Waals surface area contributed by atoms with Crippen LogP contribution < -0.4 is 10.6 Å². The molecule has 3 rings (SSSR count). The number of para-hydroxylation sites is 1. The van der Waals surface area contributed by atoms with Crippen LogP contribution in [-0.2, 0) is 4.79 Å². The smallest absolute Gasteiger partial charge is 0.237 e. The number of nitrogens with zero attached hydrogens (tertiary/aromatic N) is 2. The van der Waals surface area contributed by atoms with Crippen LogP contribution in [0, 0.1) is 18.6 Å². The highest BCUT2D eigenvalue weighted by Crippen LogP contribution is 2.31. The molecular weight excluding hydrogens is 390 g/mol. The summed E-state index contributed by atoms with van der Waals surface area (Å²) >= 11 is 2.57. The third-order valence-electron chi connectivity index (χ3n) is 3.63. The molecule has 0 saturated carbocycles. The van der Waals surface area contributed by atoms with Gasteiger partial charge in [-0.2, -0.15) is 0 Å². The lowest BCUT2D eigenvalue weighted by Gasteiger charge is -2.10. The van der Waals surface area contributed by atoms with E-state index in [4.69, 9.17) is 0 Å². The minimum absolute atomic E-state index is 0.200. The highest BCUT2D eigenvalue weighted by molar-refractivity contribution is 8.02. The zero-order chi connectivity index (χ0) is 19.4. The number of aryl methyl sites for hydroxylation is 1. The highest BCUT2D eigenvalue weighted by Gasteiger charge is 2.18. The average molecular weight is 406 g/mol. The van der Waals surface area contributed by atoms with E-state index in [0.29, 0.717) is 9.47 Å². The molecule has 5 nitrogen and oxygen atoms in total. The Morgan fingerprint density at radius 2 is 1.93 bits per heavy atom. The van der Waals surface area contributed by atoms with Gasteiger partial charge in [0.05, 0.1) is 5.25 Å². The monoisotopic (exact) mass is 406 g/mol. The molecule has 0 fully saturated rings. The molecule has 2 N–H and O–H groups in total. The normalized spacial score (nSPS) is 11.9. The Morgan fingerprint density at radius 1 is 1.15 bits per heavy atom. The van der Waals surface area contributed by atoms with Gasteiger partial charge in [0.15, 0.2) is 16.0 Å². The standard InChI is InChI=1S/C18H16F2N4OS2/c1-10-5-3-4-6-15(10)22-17-23-24-18(27-17)26-11(2)16(25)21-12-7-8-13(19)14(20)9-12/h3-9,11H,1-2H3,(H,21,25)(H,22,23). The molecule has 0 aliphatic rings. The van der Waals surface area contributed by atoms with Gasteiger partial charge in [-0.3, -0.25) is 4.79 Å². The largest absolute Gasteiger partial charge is 0.330 e. The predicted molar refractivity (Wildman–Crippen MR) is 105 cm³/mol. The van der Waals surface area contributed by atoms with Gasteiger partial charge in [0.1, 0.15) is 0 Å². The van der Waals surface area contributed by atoms with Crippen molar-refractivity contribution in [2.75, 3.05) is 10.6 Å². The van der Waals surface area contributed by atoms with Crippen LogP contribution in [0.4, 0.5) is 25.3 Å². The first kappa shape index (κ1) is 19.2. The van der Waals surface area contributed by atoms with Crippen LogP contribution in [0.1, 0.15) is 12.5 Å². The van der Waals surface area contributed by atoms with E-state index < -0.39 is 16.9 Å². The summed E-state index contributed by atoms with van der Waals surface area (Å²) < 4.78 is 26.8. The van der Waals surface area contributed by atoms with Crippen LogP contribution in [-0.4, -0.2) is 21.4 Å². The van der Waals surface area contributed by atoms with Gasteiger partial charge >= 0.3 is 0 Å². The maximum atomic E-state index is 13.2. The maximum absolute atomic E-state index is 13.2. The van der Waals surface area contributed by atoms with Crippen molar-refractivity contribution >= 4 is 45.5 Å². The lowest BCUT2D eigenvalue weighted by molar-refractivity contribution is -0.115. The van der Waals surface area contributed by atoms with Crippen LogP contribution in [0.25, 0.3) is 0 Å². The van der Waals surface area contributed by atoms with Gasteiger partial charge < -0.3 is 10.6 Å². The second-order valence-electron chi connectivity index (χ2n) is 5.69. The molecule has 2 aromatic carbocycles. The Labute approximate surface area is 163 Å². The third-order valence-corrected chi connectivity index (χ3v) is 5.65. The third kappa shape index (κ3) is 5.01. The molecule has 0 aliphatic carbocycles. The molecule has 0 aliphatic heterocycles. The van der Waals surface area contributed by atoms with Gasteiger partial charge in [0.25, 0.3) is 0 Å². The molecular formula is C18H16F2N4OS2. The number of anilines is 3. The fourth-order valence-corrected chi connectivity index (χ4v) is 4.07. The fraction of sp³-hybridized carbons (Fsp3) is 0.167. The van der Waals surface area contributed by atoms with Crippen LogP contribution >= 0.6 is 23.1 Å². The van der Waals surface area contributed by atoms with E-state index in [2.05, 4.69) is 20.8 Å². The first-order valence-electron chi connectivity index (χ1n) is 8.01. The van der Waals surface area contributed by atoms with Crippen LogP contribution in [0.2, 0.25) is 0 Å². The summed E-state index contributed by atoms with van der Waals surface area (Å²) in [6.45, 7) is 3.69. The zero-order valence-corrected chi connectivity index (χ0v) is 16.1. The molecule has 0 radical (unpaired) electrons. The molecule has 1 heterocycles. The number of hydrogen-bond donors (Lipinski definition) is 2. The van der Waals surface area contributed by atoms with E-state index in [0.717, 1.165) is 23.4 Å². The fourth-order valence-electron chi connectivity index (χ4n) is 2.16. The molecule has 3 aromatic rings. The van der Waals surface area contributed by atoms with Crippen molar-refractivity contribution in [3.8, 4) is 0 Å². The van der Waals surface area contributed by atoms with E-state index in [1.165, 1.54) is 29.2 Å². The summed E-state index contributed by atoms with van der Waals surface area (Å²) in [5.74, 6) is -2.31. The van der Waals surface area contributed by atoms with Gasteiger partial charge in [-0.05, 0) is 37.6 Å². The topological polar surface area (TPSA) is 66.9 Å². The minimum atomic E-state index is -1.01. The van der Waals surface area contributed by atoms with E-state index in [1.807, 2.05) is 31.2 Å². The number of amides is 1. The molecule has 27 heavy (non-hydrogen) atoms. The van der Waals surface area contributed by atoms with Crippen LogP contribution in [0.5, 0.6) is 0 Å². The number of carbonyl (C=O) groups is 1. The van der Waals surface area contributed by atoms with E-state index in [-0.39, 0.29) is 11.6 Å². The molecule has 0 spiro atoms. The van der Waals surface area contributed by atoms with Gasteiger partial charge in [0, 0.05) is 17.4 Å². The van der Waals surface area contributed by atoms with E-state index in [1.54, 1.807) is 6.92 Å². The number of nitrogens with one attached hydrogen (secondary N) is 2. The molecule has 9 heteroatoms. The maximum Gasteiger partial charge on any atom is 0.237 e. The number of aromatic nitrogens is 2. The van der Waals surface area contributed by atoms with Crippen molar-refractivity contribution in [3.63, 3.8) is 0 Å². The Hall–Kier alpha value is -2.52. The van der Waals surface area contributed by atoms with Gasteiger partial charge in [-0.1, -0.05) is 41.3 Å². The van der Waals surface area contributed by atoms with Crippen molar-refractivity contribution < 1.29 is 13.6 Å². The van der Waals surface area contributed by atoms with E-state index in [9.17, 15) is 13.6 Å². The van der Waals surface area contributed by atoms with Crippen LogP contribution in [0.3, 0.4) is 0 Å². The predicted octanol–water partition coefficient (Wildman–Crippen LogP) is 4.99. The number of hydrogen-bond acceptors (Lipinski definition) is 6. The summed E-state index contributed by atoms with van der Waals surface area (Å²) in [6.07, 6.45) is 0. The van der Waals surface area contributed by atoms with Gasteiger partial charge in [-0.25, -0.2) is 8.78 Å². The lowest BCUT2D eigenvalue weighted by atomic mass is 10.2. The molecule has 1 aromatic heterocycles. The quantitative estimate of drug-likeness (QED) is 0.565. The zero-order valence-electron chi connectivity index (χ0n) is 14.5. The second kappa shape index (κ2) is 8.45. The molecule has 1 unspecified atom stereocenters. The van der Waals surface area contributed by atoms with Gasteiger partial charge in [-0.15, -0.1) is 10.2 Å². The van der Waals surface area contributed by atoms with Crippen molar-refractivity contribution in [3.05, 3.63) is 59.7 Å². The summed E-state index contributed by atoms with van der Waals surface area (Å²) in [5.41, 5.74) is 2.22. The van der Waals surface area contributed by atoms with Crippen molar-refractivity contribution in [2.24, 2.45) is 0 Å². The number of halogens is 2.